The zero-order valence-corrected chi connectivity index (χ0v) is 10.8. The van der Waals surface area contributed by atoms with Crippen molar-refractivity contribution in [1.29, 1.82) is 0 Å². The van der Waals surface area contributed by atoms with Crippen LogP contribution in [0, 0.1) is 12.7 Å². The van der Waals surface area contributed by atoms with Crippen LogP contribution in [0.15, 0.2) is 42.5 Å². The second kappa shape index (κ2) is 4.92. The van der Waals surface area contributed by atoms with Crippen LogP contribution in [0.4, 0.5) is 10.1 Å². The van der Waals surface area contributed by atoms with E-state index in [1.54, 1.807) is 6.07 Å². The minimum absolute atomic E-state index is 0.0977. The molecule has 1 atom stereocenters. The van der Waals surface area contributed by atoms with Crippen LogP contribution >= 0.6 is 0 Å². The summed E-state index contributed by atoms with van der Waals surface area (Å²) in [6, 6.07) is 13.1. The highest BCUT2D eigenvalue weighted by Gasteiger charge is 2.22. The van der Waals surface area contributed by atoms with Crippen molar-refractivity contribution in [3.63, 3.8) is 0 Å². The van der Waals surface area contributed by atoms with Crippen LogP contribution in [0.2, 0.25) is 0 Å². The molecule has 0 aromatic heterocycles. The molecule has 0 saturated heterocycles. The molecule has 0 saturated carbocycles. The second-order valence-corrected chi connectivity index (χ2v) is 4.80. The number of aryl methyl sites for hydroxylation is 1. The molecule has 1 N–H and O–H groups in total. The van der Waals surface area contributed by atoms with Gasteiger partial charge in [0.25, 0.3) is 0 Å². The van der Waals surface area contributed by atoms with Crippen molar-refractivity contribution < 1.29 is 9.13 Å². The lowest BCUT2D eigenvalue weighted by molar-refractivity contribution is 0.274. The molecule has 0 radical (unpaired) electrons. The highest BCUT2D eigenvalue weighted by Crippen LogP contribution is 2.35. The molecule has 2 nitrogen and oxygen atoms in total. The molecule has 19 heavy (non-hydrogen) atoms. The summed E-state index contributed by atoms with van der Waals surface area (Å²) in [5, 5.41) is 3.32. The van der Waals surface area contributed by atoms with E-state index < -0.39 is 0 Å². The Bertz CT molecular complexity index is 577. The highest BCUT2D eigenvalue weighted by molar-refractivity contribution is 5.54. The predicted octanol–water partition coefficient (Wildman–Crippen LogP) is 4.07. The summed E-state index contributed by atoms with van der Waals surface area (Å²) in [4.78, 5) is 0. The van der Waals surface area contributed by atoms with Gasteiger partial charge >= 0.3 is 0 Å². The summed E-state index contributed by atoms with van der Waals surface area (Å²) in [5.41, 5.74) is 2.60. The van der Waals surface area contributed by atoms with Gasteiger partial charge in [0.05, 0.1) is 18.3 Å². The Morgan fingerprint density at radius 3 is 2.84 bits per heavy atom. The van der Waals surface area contributed by atoms with Crippen LogP contribution < -0.4 is 10.1 Å². The van der Waals surface area contributed by atoms with Crippen LogP contribution in [0.25, 0.3) is 0 Å². The fourth-order valence-corrected chi connectivity index (χ4v) is 2.48. The molecule has 1 aliphatic rings. The number of nitrogens with one attached hydrogen (secondary N) is 1. The van der Waals surface area contributed by atoms with Crippen molar-refractivity contribution in [3.05, 3.63) is 59.4 Å². The Morgan fingerprint density at radius 2 is 2.00 bits per heavy atom. The molecular weight excluding hydrogens is 241 g/mol. The molecule has 3 rings (SSSR count). The summed E-state index contributed by atoms with van der Waals surface area (Å²) in [6.07, 6.45) is 0.838. The Labute approximate surface area is 112 Å². The van der Waals surface area contributed by atoms with E-state index in [0.717, 1.165) is 23.3 Å². The van der Waals surface area contributed by atoms with Gasteiger partial charge in [0.1, 0.15) is 11.6 Å². The van der Waals surface area contributed by atoms with E-state index in [0.29, 0.717) is 12.3 Å². The van der Waals surface area contributed by atoms with Crippen molar-refractivity contribution >= 4 is 5.69 Å². The monoisotopic (exact) mass is 257 g/mol. The van der Waals surface area contributed by atoms with E-state index in [1.807, 2.05) is 37.3 Å². The topological polar surface area (TPSA) is 21.3 Å². The number of rotatable bonds is 2. The summed E-state index contributed by atoms with van der Waals surface area (Å²) in [5.74, 6) is 0.684. The first-order valence-electron chi connectivity index (χ1n) is 6.49. The maximum absolute atomic E-state index is 13.9. The first-order chi connectivity index (χ1) is 9.25. The SMILES string of the molecule is Cc1cccc(F)c1NC1CCOc2ccccc21. The third kappa shape index (κ3) is 2.28. The van der Waals surface area contributed by atoms with Crippen LogP contribution in [0.1, 0.15) is 23.6 Å². The summed E-state index contributed by atoms with van der Waals surface area (Å²) in [7, 11) is 0. The quantitative estimate of drug-likeness (QED) is 0.875. The summed E-state index contributed by atoms with van der Waals surface area (Å²) in [6.45, 7) is 2.57. The van der Waals surface area contributed by atoms with Crippen LogP contribution in [-0.4, -0.2) is 6.61 Å². The van der Waals surface area contributed by atoms with Gasteiger partial charge in [-0.25, -0.2) is 4.39 Å². The molecule has 3 heteroatoms. The smallest absolute Gasteiger partial charge is 0.146 e. The van der Waals surface area contributed by atoms with Crippen molar-refractivity contribution in [3.8, 4) is 5.75 Å². The van der Waals surface area contributed by atoms with Crippen molar-refractivity contribution in [2.24, 2.45) is 0 Å². The largest absolute Gasteiger partial charge is 0.493 e. The van der Waals surface area contributed by atoms with Gasteiger partial charge in [-0.2, -0.15) is 0 Å². The molecular formula is C16H16FNO. The molecule has 2 aromatic rings. The molecule has 0 spiro atoms. The molecule has 2 aromatic carbocycles. The van der Waals surface area contributed by atoms with Crippen LogP contribution in [-0.2, 0) is 0 Å². The average molecular weight is 257 g/mol. The first-order valence-corrected chi connectivity index (χ1v) is 6.49. The van der Waals surface area contributed by atoms with Crippen molar-refractivity contribution in [2.45, 2.75) is 19.4 Å². The second-order valence-electron chi connectivity index (χ2n) is 4.80. The van der Waals surface area contributed by atoms with Crippen LogP contribution in [0.3, 0.4) is 0 Å². The standard InChI is InChI=1S/C16H16FNO/c1-11-5-4-7-13(17)16(11)18-14-9-10-19-15-8-3-2-6-12(14)15/h2-8,14,18H,9-10H2,1H3. The van der Waals surface area contributed by atoms with Gasteiger partial charge in [-0.15, -0.1) is 0 Å². The number of halogens is 1. The minimum Gasteiger partial charge on any atom is -0.493 e. The number of benzene rings is 2. The third-order valence-electron chi connectivity index (χ3n) is 3.50. The number of anilines is 1. The maximum atomic E-state index is 13.9. The van der Waals surface area contributed by atoms with Gasteiger partial charge in [-0.3, -0.25) is 0 Å². The van der Waals surface area contributed by atoms with E-state index in [-0.39, 0.29) is 11.9 Å². The molecule has 0 amide bonds. The van der Waals surface area contributed by atoms with Gasteiger partial charge in [-0.05, 0) is 24.6 Å². The van der Waals surface area contributed by atoms with Gasteiger partial charge in [0.2, 0.25) is 0 Å². The molecule has 1 heterocycles. The lowest BCUT2D eigenvalue weighted by Crippen LogP contribution is -2.21. The number of hydrogen-bond acceptors (Lipinski definition) is 2. The summed E-state index contributed by atoms with van der Waals surface area (Å²) >= 11 is 0. The lowest BCUT2D eigenvalue weighted by Gasteiger charge is -2.28. The molecule has 1 unspecified atom stereocenters. The van der Waals surface area contributed by atoms with E-state index in [2.05, 4.69) is 5.32 Å². The van der Waals surface area contributed by atoms with Gasteiger partial charge in [0, 0.05) is 12.0 Å². The third-order valence-corrected chi connectivity index (χ3v) is 3.50. The minimum atomic E-state index is -0.205. The Morgan fingerprint density at radius 1 is 1.16 bits per heavy atom. The fraction of sp³-hybridized carbons (Fsp3) is 0.250. The van der Waals surface area contributed by atoms with E-state index in [1.165, 1.54) is 6.07 Å². The Hall–Kier alpha value is -2.03. The zero-order valence-electron chi connectivity index (χ0n) is 10.8. The molecule has 98 valence electrons. The molecule has 0 aliphatic carbocycles. The predicted molar refractivity (Wildman–Crippen MR) is 74.1 cm³/mol. The average Bonchev–Trinajstić information content (AvgIpc) is 2.43. The van der Waals surface area contributed by atoms with Crippen molar-refractivity contribution in [1.82, 2.24) is 0 Å². The number of hydrogen-bond donors (Lipinski definition) is 1. The highest BCUT2D eigenvalue weighted by atomic mass is 19.1. The van der Waals surface area contributed by atoms with Crippen LogP contribution in [0.5, 0.6) is 5.75 Å². The fourth-order valence-electron chi connectivity index (χ4n) is 2.48. The van der Waals surface area contributed by atoms with Gasteiger partial charge in [-0.1, -0.05) is 30.3 Å². The Balaban J connectivity index is 1.93. The number of ether oxygens (including phenoxy) is 1. The van der Waals surface area contributed by atoms with E-state index >= 15 is 0 Å². The molecule has 1 aliphatic heterocycles. The normalized spacial score (nSPS) is 17.5. The summed E-state index contributed by atoms with van der Waals surface area (Å²) < 4.78 is 19.5. The van der Waals surface area contributed by atoms with Gasteiger partial charge in [0.15, 0.2) is 0 Å². The number of fused-ring (bicyclic) bond motifs is 1. The molecule has 0 bridgehead atoms. The molecule has 0 fully saturated rings. The van der Waals surface area contributed by atoms with E-state index in [9.17, 15) is 4.39 Å². The first kappa shape index (κ1) is 12.0. The van der Waals surface area contributed by atoms with Gasteiger partial charge < -0.3 is 10.1 Å². The van der Waals surface area contributed by atoms with E-state index in [4.69, 9.17) is 4.74 Å². The maximum Gasteiger partial charge on any atom is 0.146 e. The number of para-hydroxylation sites is 2. The lowest BCUT2D eigenvalue weighted by atomic mass is 10.00. The van der Waals surface area contributed by atoms with Crippen molar-refractivity contribution in [2.75, 3.05) is 11.9 Å². The zero-order chi connectivity index (χ0) is 13.2. The Kier molecular flexibility index (Phi) is 3.11.